The Hall–Kier alpha value is -2.82. The minimum atomic E-state index is -0.270. The lowest BCUT2D eigenvalue weighted by Gasteiger charge is -2.11. The molecule has 5 nitrogen and oxygen atoms in total. The molecule has 2 aromatic carbocycles. The number of ether oxygens (including phenoxy) is 1. The van der Waals surface area contributed by atoms with E-state index in [2.05, 4.69) is 10.6 Å². The first-order valence-electron chi connectivity index (χ1n) is 7.90. The summed E-state index contributed by atoms with van der Waals surface area (Å²) in [6.07, 6.45) is 0.361. The number of carbonyl (C=O) groups is 2. The van der Waals surface area contributed by atoms with Gasteiger partial charge in [-0.25, -0.2) is 0 Å². The molecule has 2 aromatic rings. The minimum absolute atomic E-state index is 0.0596. The highest BCUT2D eigenvalue weighted by Crippen LogP contribution is 2.16. The van der Waals surface area contributed by atoms with Gasteiger partial charge in [0.15, 0.2) is 0 Å². The van der Waals surface area contributed by atoms with Gasteiger partial charge in [-0.2, -0.15) is 0 Å². The molecule has 2 rings (SSSR count). The number of benzene rings is 2. The summed E-state index contributed by atoms with van der Waals surface area (Å²) >= 11 is 0. The van der Waals surface area contributed by atoms with Gasteiger partial charge in [0.1, 0.15) is 5.75 Å². The normalized spacial score (nSPS) is 10.3. The predicted molar refractivity (Wildman–Crippen MR) is 94.0 cm³/mol. The zero-order valence-electron chi connectivity index (χ0n) is 13.9. The number of amides is 2. The molecule has 126 valence electrons. The number of hydrogen-bond acceptors (Lipinski definition) is 3. The van der Waals surface area contributed by atoms with Crippen molar-refractivity contribution in [1.82, 2.24) is 5.32 Å². The van der Waals surface area contributed by atoms with E-state index in [0.29, 0.717) is 5.69 Å². The van der Waals surface area contributed by atoms with Gasteiger partial charge in [0.2, 0.25) is 11.8 Å². The summed E-state index contributed by atoms with van der Waals surface area (Å²) < 4.78 is 5.54. The maximum atomic E-state index is 11.9. The van der Waals surface area contributed by atoms with Crippen LogP contribution in [0.15, 0.2) is 54.6 Å². The van der Waals surface area contributed by atoms with Crippen LogP contribution in [0.5, 0.6) is 5.75 Å². The molecule has 2 amide bonds. The van der Waals surface area contributed by atoms with Gasteiger partial charge in [-0.15, -0.1) is 0 Å². The topological polar surface area (TPSA) is 67.4 Å². The quantitative estimate of drug-likeness (QED) is 0.822. The van der Waals surface area contributed by atoms with Crippen LogP contribution in [-0.4, -0.2) is 24.5 Å². The van der Waals surface area contributed by atoms with Crippen molar-refractivity contribution in [2.75, 3.05) is 11.9 Å². The molecule has 0 aliphatic rings. The third-order valence-electron chi connectivity index (χ3n) is 3.16. The third kappa shape index (κ3) is 6.12. The van der Waals surface area contributed by atoms with Crippen molar-refractivity contribution in [1.29, 1.82) is 0 Å². The molecule has 0 aliphatic carbocycles. The van der Waals surface area contributed by atoms with Crippen LogP contribution < -0.4 is 15.4 Å². The van der Waals surface area contributed by atoms with E-state index in [1.54, 1.807) is 24.3 Å². The Labute approximate surface area is 142 Å². The minimum Gasteiger partial charge on any atom is -0.491 e. The lowest BCUT2D eigenvalue weighted by Crippen LogP contribution is -2.33. The fourth-order valence-electron chi connectivity index (χ4n) is 2.12. The van der Waals surface area contributed by atoms with E-state index in [9.17, 15) is 9.59 Å². The molecule has 2 N–H and O–H groups in total. The lowest BCUT2D eigenvalue weighted by molar-refractivity contribution is -0.123. The van der Waals surface area contributed by atoms with E-state index in [4.69, 9.17) is 4.74 Å². The lowest BCUT2D eigenvalue weighted by atomic mass is 10.1. The van der Waals surface area contributed by atoms with E-state index in [1.165, 1.54) is 0 Å². The highest BCUT2D eigenvalue weighted by atomic mass is 16.5. The molecule has 0 bridgehead atoms. The van der Waals surface area contributed by atoms with Gasteiger partial charge in [0.05, 0.1) is 19.1 Å². The molecule has 0 atom stereocenters. The van der Waals surface area contributed by atoms with Gasteiger partial charge in [-0.3, -0.25) is 9.59 Å². The molecule has 0 aliphatic heterocycles. The van der Waals surface area contributed by atoms with Gasteiger partial charge >= 0.3 is 0 Å². The van der Waals surface area contributed by atoms with Crippen molar-refractivity contribution in [2.45, 2.75) is 26.4 Å². The Balaban J connectivity index is 1.75. The Kier molecular flexibility index (Phi) is 6.37. The van der Waals surface area contributed by atoms with Crippen LogP contribution in [0.1, 0.15) is 19.4 Å². The van der Waals surface area contributed by atoms with E-state index in [-0.39, 0.29) is 30.9 Å². The summed E-state index contributed by atoms with van der Waals surface area (Å²) in [4.78, 5) is 23.7. The van der Waals surface area contributed by atoms with Crippen molar-refractivity contribution in [3.8, 4) is 5.75 Å². The molecule has 0 radical (unpaired) electrons. The number of carbonyl (C=O) groups excluding carboxylic acids is 2. The monoisotopic (exact) mass is 326 g/mol. The Morgan fingerprint density at radius 1 is 0.958 bits per heavy atom. The van der Waals surface area contributed by atoms with Crippen LogP contribution in [0.4, 0.5) is 5.69 Å². The smallest absolute Gasteiger partial charge is 0.243 e. The molecule has 0 saturated carbocycles. The van der Waals surface area contributed by atoms with E-state index in [0.717, 1.165) is 11.3 Å². The molecular formula is C19H22N2O3. The average Bonchev–Trinajstić information content (AvgIpc) is 2.55. The SMILES string of the molecule is CC(C)Oc1ccc(NC(=O)CNC(=O)Cc2ccccc2)cc1. The van der Waals surface area contributed by atoms with Gasteiger partial charge < -0.3 is 15.4 Å². The second-order valence-corrected chi connectivity index (χ2v) is 5.68. The fourth-order valence-corrected chi connectivity index (χ4v) is 2.12. The number of anilines is 1. The van der Waals surface area contributed by atoms with Crippen LogP contribution in [0, 0.1) is 0 Å². The van der Waals surface area contributed by atoms with E-state index < -0.39 is 0 Å². The first kappa shape index (κ1) is 17.5. The molecule has 5 heteroatoms. The van der Waals surface area contributed by atoms with Crippen molar-refractivity contribution in [3.63, 3.8) is 0 Å². The van der Waals surface area contributed by atoms with Gasteiger partial charge in [0, 0.05) is 5.69 Å². The maximum absolute atomic E-state index is 11.9. The van der Waals surface area contributed by atoms with Crippen LogP contribution in [0.2, 0.25) is 0 Å². The molecule has 24 heavy (non-hydrogen) atoms. The highest BCUT2D eigenvalue weighted by Gasteiger charge is 2.07. The molecule has 0 spiro atoms. The van der Waals surface area contributed by atoms with Crippen molar-refractivity contribution < 1.29 is 14.3 Å². The Morgan fingerprint density at radius 2 is 1.62 bits per heavy atom. The second-order valence-electron chi connectivity index (χ2n) is 5.68. The Bertz CT molecular complexity index is 667. The summed E-state index contributed by atoms with van der Waals surface area (Å²) in [6.45, 7) is 3.84. The van der Waals surface area contributed by atoms with Crippen molar-refractivity contribution in [2.24, 2.45) is 0 Å². The van der Waals surface area contributed by atoms with E-state index in [1.807, 2.05) is 44.2 Å². The van der Waals surface area contributed by atoms with Crippen molar-refractivity contribution in [3.05, 3.63) is 60.2 Å². The predicted octanol–water partition coefficient (Wildman–Crippen LogP) is 2.77. The first-order valence-corrected chi connectivity index (χ1v) is 7.90. The third-order valence-corrected chi connectivity index (χ3v) is 3.16. The molecule has 0 heterocycles. The van der Waals surface area contributed by atoms with Crippen LogP contribution in [0.25, 0.3) is 0 Å². The number of rotatable bonds is 7. The summed E-state index contributed by atoms with van der Waals surface area (Å²) in [7, 11) is 0. The van der Waals surface area contributed by atoms with Gasteiger partial charge in [0.25, 0.3) is 0 Å². The van der Waals surface area contributed by atoms with Gasteiger partial charge in [-0.1, -0.05) is 30.3 Å². The molecule has 0 saturated heterocycles. The summed E-state index contributed by atoms with van der Waals surface area (Å²) in [6, 6.07) is 16.5. The fraction of sp³-hybridized carbons (Fsp3) is 0.263. The summed E-state index contributed by atoms with van der Waals surface area (Å²) in [5.74, 6) is 0.296. The molecule has 0 aromatic heterocycles. The Morgan fingerprint density at radius 3 is 2.25 bits per heavy atom. The standard InChI is InChI=1S/C19H22N2O3/c1-14(2)24-17-10-8-16(9-11-17)21-19(23)13-20-18(22)12-15-6-4-3-5-7-15/h3-11,14H,12-13H2,1-2H3,(H,20,22)(H,21,23). The largest absolute Gasteiger partial charge is 0.491 e. The maximum Gasteiger partial charge on any atom is 0.243 e. The number of hydrogen-bond donors (Lipinski definition) is 2. The molecule has 0 unspecified atom stereocenters. The van der Waals surface area contributed by atoms with Crippen molar-refractivity contribution >= 4 is 17.5 Å². The highest BCUT2D eigenvalue weighted by molar-refractivity contribution is 5.94. The average molecular weight is 326 g/mol. The first-order chi connectivity index (χ1) is 11.5. The van der Waals surface area contributed by atoms with Crippen LogP contribution in [-0.2, 0) is 16.0 Å². The van der Waals surface area contributed by atoms with Gasteiger partial charge in [-0.05, 0) is 43.7 Å². The molecule has 0 fully saturated rings. The zero-order chi connectivity index (χ0) is 17.4. The zero-order valence-corrected chi connectivity index (χ0v) is 13.9. The summed E-state index contributed by atoms with van der Waals surface area (Å²) in [5.41, 5.74) is 1.57. The summed E-state index contributed by atoms with van der Waals surface area (Å²) in [5, 5.41) is 5.35. The van der Waals surface area contributed by atoms with E-state index >= 15 is 0 Å². The van der Waals surface area contributed by atoms with Crippen LogP contribution in [0.3, 0.4) is 0 Å². The molecular weight excluding hydrogens is 304 g/mol. The van der Waals surface area contributed by atoms with Crippen LogP contribution >= 0.6 is 0 Å². The number of nitrogens with one attached hydrogen (secondary N) is 2. The second kappa shape index (κ2) is 8.72.